The molecule has 0 saturated heterocycles. The smallest absolute Gasteiger partial charge is 0.338 e. The third-order valence-corrected chi connectivity index (χ3v) is 5.61. The van der Waals surface area contributed by atoms with Crippen molar-refractivity contribution in [2.45, 2.75) is 19.4 Å². The second-order valence-corrected chi connectivity index (χ2v) is 7.98. The molecule has 1 unspecified atom stereocenters. The molecule has 2 aromatic carbocycles. The van der Waals surface area contributed by atoms with Gasteiger partial charge in [0.15, 0.2) is 0 Å². The van der Waals surface area contributed by atoms with E-state index in [1.165, 1.54) is 4.90 Å². The summed E-state index contributed by atoms with van der Waals surface area (Å²) in [6, 6.07) is 13.9. The van der Waals surface area contributed by atoms with Crippen molar-refractivity contribution in [3.8, 4) is 0 Å². The number of carbonyl (C=O) groups excluding carboxylic acids is 3. The predicted molar refractivity (Wildman–Crippen MR) is 115 cm³/mol. The molecule has 1 atom stereocenters. The van der Waals surface area contributed by atoms with Crippen LogP contribution in [0.4, 0.5) is 4.79 Å². The minimum absolute atomic E-state index is 0.0258. The first-order chi connectivity index (χ1) is 14.9. The number of urea groups is 1. The molecule has 0 spiro atoms. The summed E-state index contributed by atoms with van der Waals surface area (Å²) in [4.78, 5) is 38.9. The fraction of sp³-hybridized carbons (Fsp3) is 0.261. The highest BCUT2D eigenvalue weighted by Crippen LogP contribution is 2.34. The maximum Gasteiger partial charge on any atom is 0.338 e. The number of rotatable bonds is 6. The molecule has 0 aromatic heterocycles. The number of halogens is 1. The van der Waals surface area contributed by atoms with E-state index in [9.17, 15) is 14.4 Å². The van der Waals surface area contributed by atoms with Crippen LogP contribution in [0.2, 0.25) is 5.02 Å². The van der Waals surface area contributed by atoms with Crippen LogP contribution in [0, 0.1) is 6.92 Å². The second kappa shape index (κ2) is 8.81. The van der Waals surface area contributed by atoms with Gasteiger partial charge in [-0.2, -0.15) is 0 Å². The van der Waals surface area contributed by atoms with E-state index >= 15 is 0 Å². The van der Waals surface area contributed by atoms with Crippen LogP contribution in [0.25, 0.3) is 0 Å². The van der Waals surface area contributed by atoms with Crippen molar-refractivity contribution in [2.75, 3.05) is 19.7 Å². The van der Waals surface area contributed by atoms with Crippen LogP contribution in [0.5, 0.6) is 0 Å². The maximum absolute atomic E-state index is 12.8. The van der Waals surface area contributed by atoms with E-state index in [1.54, 1.807) is 12.1 Å². The largest absolute Gasteiger partial charge is 0.456 e. The molecular formula is C23H22ClN3O4. The van der Waals surface area contributed by atoms with Crippen molar-refractivity contribution in [3.63, 3.8) is 0 Å². The standard InChI is InChI=1S/C23H22ClN3O4/c1-14-2-6-16(7-3-14)21-20-18(13-31-22(20)29)27(23(30)26-21)12-19(28)25-11-10-15-4-8-17(24)9-5-15/h2-9,21H,10-13H2,1H3,(H,25,28)(H,26,30). The summed E-state index contributed by atoms with van der Waals surface area (Å²) >= 11 is 5.88. The van der Waals surface area contributed by atoms with Crippen LogP contribution in [0.1, 0.15) is 22.7 Å². The number of aryl methyl sites for hydroxylation is 1. The Morgan fingerprint density at radius 1 is 1.16 bits per heavy atom. The predicted octanol–water partition coefficient (Wildman–Crippen LogP) is 2.88. The molecule has 160 valence electrons. The average Bonchev–Trinajstić information content (AvgIpc) is 3.13. The highest BCUT2D eigenvalue weighted by atomic mass is 35.5. The molecule has 2 aliphatic rings. The van der Waals surface area contributed by atoms with Gasteiger partial charge in [0, 0.05) is 11.6 Å². The third-order valence-electron chi connectivity index (χ3n) is 5.36. The quantitative estimate of drug-likeness (QED) is 0.677. The molecule has 31 heavy (non-hydrogen) atoms. The molecule has 2 N–H and O–H groups in total. The topological polar surface area (TPSA) is 87.7 Å². The van der Waals surface area contributed by atoms with E-state index in [2.05, 4.69) is 10.6 Å². The van der Waals surface area contributed by atoms with E-state index < -0.39 is 18.0 Å². The average molecular weight is 440 g/mol. The first kappa shape index (κ1) is 20.9. The van der Waals surface area contributed by atoms with Crippen LogP contribution >= 0.6 is 11.6 Å². The summed E-state index contributed by atoms with van der Waals surface area (Å²) in [7, 11) is 0. The van der Waals surface area contributed by atoms with E-state index in [4.69, 9.17) is 16.3 Å². The Labute approximate surface area is 185 Å². The molecular weight excluding hydrogens is 418 g/mol. The van der Waals surface area contributed by atoms with Crippen LogP contribution in [0.3, 0.4) is 0 Å². The molecule has 0 radical (unpaired) electrons. The van der Waals surface area contributed by atoms with Crippen LogP contribution < -0.4 is 10.6 Å². The Bertz CT molecular complexity index is 1050. The van der Waals surface area contributed by atoms with Crippen molar-refractivity contribution < 1.29 is 19.1 Å². The van der Waals surface area contributed by atoms with E-state index in [-0.39, 0.29) is 19.1 Å². The zero-order valence-electron chi connectivity index (χ0n) is 17.0. The molecule has 7 nitrogen and oxygen atoms in total. The number of hydrogen-bond donors (Lipinski definition) is 2. The number of amides is 3. The number of hydrogen-bond acceptors (Lipinski definition) is 4. The molecule has 4 rings (SSSR count). The minimum atomic E-state index is -0.595. The van der Waals surface area contributed by atoms with Crippen molar-refractivity contribution in [3.05, 3.63) is 81.5 Å². The van der Waals surface area contributed by atoms with Gasteiger partial charge in [-0.25, -0.2) is 9.59 Å². The second-order valence-electron chi connectivity index (χ2n) is 7.54. The monoisotopic (exact) mass is 439 g/mol. The summed E-state index contributed by atoms with van der Waals surface area (Å²) in [5.74, 6) is -0.794. The van der Waals surface area contributed by atoms with Gasteiger partial charge in [-0.3, -0.25) is 9.69 Å². The minimum Gasteiger partial charge on any atom is -0.456 e. The Kier molecular flexibility index (Phi) is 5.95. The lowest BCUT2D eigenvalue weighted by Crippen LogP contribution is -2.50. The van der Waals surface area contributed by atoms with Gasteiger partial charge >= 0.3 is 12.0 Å². The van der Waals surface area contributed by atoms with Crippen molar-refractivity contribution in [1.82, 2.24) is 15.5 Å². The third kappa shape index (κ3) is 4.56. The Morgan fingerprint density at radius 3 is 2.58 bits per heavy atom. The normalized spacial score (nSPS) is 17.9. The highest BCUT2D eigenvalue weighted by Gasteiger charge is 2.42. The van der Waals surface area contributed by atoms with Gasteiger partial charge in [0.05, 0.1) is 17.3 Å². The van der Waals surface area contributed by atoms with Crippen LogP contribution in [-0.4, -0.2) is 42.5 Å². The van der Waals surface area contributed by atoms with Crippen LogP contribution in [0.15, 0.2) is 59.8 Å². The van der Waals surface area contributed by atoms with Gasteiger partial charge in [-0.05, 0) is 36.6 Å². The molecule has 0 bridgehead atoms. The lowest BCUT2D eigenvalue weighted by molar-refractivity contribution is -0.136. The van der Waals surface area contributed by atoms with E-state index in [0.717, 1.165) is 16.7 Å². The highest BCUT2D eigenvalue weighted by molar-refractivity contribution is 6.30. The lowest BCUT2D eigenvalue weighted by Gasteiger charge is -2.32. The summed E-state index contributed by atoms with van der Waals surface area (Å²) in [6.07, 6.45) is 0.639. The number of nitrogens with zero attached hydrogens (tertiary/aromatic N) is 1. The molecule has 3 amide bonds. The van der Waals surface area contributed by atoms with Crippen molar-refractivity contribution in [2.24, 2.45) is 0 Å². The van der Waals surface area contributed by atoms with Gasteiger partial charge in [0.1, 0.15) is 13.2 Å². The molecule has 2 aliphatic heterocycles. The zero-order chi connectivity index (χ0) is 22.0. The zero-order valence-corrected chi connectivity index (χ0v) is 17.7. The summed E-state index contributed by atoms with van der Waals surface area (Å²) in [5.41, 5.74) is 3.72. The van der Waals surface area contributed by atoms with E-state index in [0.29, 0.717) is 29.3 Å². The molecule has 0 fully saturated rings. The summed E-state index contributed by atoms with van der Waals surface area (Å²) < 4.78 is 5.19. The Morgan fingerprint density at radius 2 is 1.87 bits per heavy atom. The molecule has 8 heteroatoms. The Balaban J connectivity index is 1.44. The number of benzene rings is 2. The molecule has 2 heterocycles. The summed E-state index contributed by atoms with van der Waals surface area (Å²) in [5, 5.41) is 6.30. The van der Waals surface area contributed by atoms with Gasteiger partial charge < -0.3 is 15.4 Å². The SMILES string of the molecule is Cc1ccc(C2NC(=O)N(CC(=O)NCCc3ccc(Cl)cc3)C3=C2C(=O)OC3)cc1. The van der Waals surface area contributed by atoms with Crippen molar-refractivity contribution >= 4 is 29.5 Å². The molecule has 0 aliphatic carbocycles. The van der Waals surface area contributed by atoms with E-state index in [1.807, 2.05) is 43.3 Å². The van der Waals surface area contributed by atoms with Gasteiger partial charge in [-0.1, -0.05) is 53.6 Å². The molecule has 2 aromatic rings. The first-order valence-corrected chi connectivity index (χ1v) is 10.4. The molecule has 0 saturated carbocycles. The fourth-order valence-electron chi connectivity index (χ4n) is 3.68. The number of nitrogens with one attached hydrogen (secondary N) is 2. The first-order valence-electron chi connectivity index (χ1n) is 9.98. The summed E-state index contributed by atoms with van der Waals surface area (Å²) in [6.45, 7) is 2.17. The fourth-order valence-corrected chi connectivity index (χ4v) is 3.81. The number of ether oxygens (including phenoxy) is 1. The number of cyclic esters (lactones) is 1. The van der Waals surface area contributed by atoms with Gasteiger partial charge in [0.25, 0.3) is 0 Å². The van der Waals surface area contributed by atoms with Crippen molar-refractivity contribution in [1.29, 1.82) is 0 Å². The number of esters is 1. The van der Waals surface area contributed by atoms with Gasteiger partial charge in [-0.15, -0.1) is 0 Å². The Hall–Kier alpha value is -3.32. The number of carbonyl (C=O) groups is 3. The lowest BCUT2D eigenvalue weighted by atomic mass is 9.95. The van der Waals surface area contributed by atoms with Gasteiger partial charge in [0.2, 0.25) is 5.91 Å². The maximum atomic E-state index is 12.8. The van der Waals surface area contributed by atoms with Crippen LogP contribution in [-0.2, 0) is 20.7 Å².